The van der Waals surface area contributed by atoms with E-state index in [1.165, 1.54) is 0 Å². The van der Waals surface area contributed by atoms with Gasteiger partial charge in [0.25, 0.3) is 0 Å². The van der Waals surface area contributed by atoms with Crippen molar-refractivity contribution >= 4 is 14.3 Å². The smallest absolute Gasteiger partial charge is 0.310 e. The molecule has 1 aromatic rings. The van der Waals surface area contributed by atoms with Gasteiger partial charge in [0.2, 0.25) is 8.32 Å². The van der Waals surface area contributed by atoms with Crippen LogP contribution in [0.1, 0.15) is 59.9 Å². The molecule has 1 aliphatic carbocycles. The van der Waals surface area contributed by atoms with Gasteiger partial charge in [-0.15, -0.1) is 0 Å². The molecule has 3 nitrogen and oxygen atoms in total. The van der Waals surface area contributed by atoms with Gasteiger partial charge in [0.15, 0.2) is 0 Å². The van der Waals surface area contributed by atoms with Crippen molar-refractivity contribution < 1.29 is 14.3 Å². The number of aliphatic carboxylic acids is 1. The van der Waals surface area contributed by atoms with Crippen molar-refractivity contribution in [3.8, 4) is 0 Å². The molecule has 0 aromatic heterocycles. The summed E-state index contributed by atoms with van der Waals surface area (Å²) in [6.45, 7) is 13.5. The lowest BCUT2D eigenvalue weighted by Crippen LogP contribution is -2.56. The van der Waals surface area contributed by atoms with Gasteiger partial charge in [0.05, 0.1) is 5.92 Å². The van der Waals surface area contributed by atoms with E-state index in [1.54, 1.807) is 0 Å². The molecular formula is C22H34O3Si. The fourth-order valence-corrected chi connectivity index (χ4v) is 10.6. The molecule has 26 heavy (non-hydrogen) atoms. The van der Waals surface area contributed by atoms with Crippen molar-refractivity contribution in [3.63, 3.8) is 0 Å². The average Bonchev–Trinajstić information content (AvgIpc) is 2.59. The third kappa shape index (κ3) is 3.54. The van der Waals surface area contributed by atoms with Crippen LogP contribution in [0.2, 0.25) is 16.6 Å². The maximum absolute atomic E-state index is 12.2. The predicted octanol–water partition coefficient (Wildman–Crippen LogP) is 6.12. The third-order valence-electron chi connectivity index (χ3n) is 6.08. The van der Waals surface area contributed by atoms with Crippen molar-refractivity contribution in [3.05, 3.63) is 48.0 Å². The molecule has 2 unspecified atom stereocenters. The SMILES string of the molecule is CC(C)[Si](OC1(c2ccccc2)C=CCCC1C(=O)O)(C(C)C)C(C)C. The average molecular weight is 375 g/mol. The van der Waals surface area contributed by atoms with Gasteiger partial charge in [-0.25, -0.2) is 0 Å². The summed E-state index contributed by atoms with van der Waals surface area (Å²) in [4.78, 5) is 12.2. The van der Waals surface area contributed by atoms with E-state index in [-0.39, 0.29) is 0 Å². The van der Waals surface area contributed by atoms with Crippen LogP contribution in [0.4, 0.5) is 0 Å². The van der Waals surface area contributed by atoms with Gasteiger partial charge >= 0.3 is 5.97 Å². The summed E-state index contributed by atoms with van der Waals surface area (Å²) < 4.78 is 7.18. The Morgan fingerprint density at radius 1 is 1.08 bits per heavy atom. The van der Waals surface area contributed by atoms with Gasteiger partial charge in [-0.1, -0.05) is 84.0 Å². The minimum atomic E-state index is -2.27. The molecule has 1 N–H and O–H groups in total. The molecule has 2 atom stereocenters. The Bertz CT molecular complexity index is 614. The Balaban J connectivity index is 2.70. The van der Waals surface area contributed by atoms with Gasteiger partial charge in [-0.05, 0) is 35.0 Å². The zero-order valence-electron chi connectivity index (χ0n) is 17.0. The summed E-state index contributed by atoms with van der Waals surface area (Å²) in [5, 5.41) is 10.0. The number of rotatable bonds is 7. The molecule has 0 radical (unpaired) electrons. The van der Waals surface area contributed by atoms with Crippen LogP contribution in [0, 0.1) is 5.92 Å². The first-order valence-corrected chi connectivity index (χ1v) is 12.0. The summed E-state index contributed by atoms with van der Waals surface area (Å²) in [6, 6.07) is 9.96. The summed E-state index contributed by atoms with van der Waals surface area (Å²) in [7, 11) is -2.27. The zero-order chi connectivity index (χ0) is 19.5. The third-order valence-corrected chi connectivity index (χ3v) is 12.2. The highest BCUT2D eigenvalue weighted by molar-refractivity contribution is 6.77. The standard InChI is InChI=1S/C22H34O3Si/c1-16(2)26(17(3)4,18(5)6)25-22(19-12-8-7-9-13-19)15-11-10-14-20(22)21(23)24/h7-9,11-13,15-18,20H,10,14H2,1-6H3,(H,23,24). The van der Waals surface area contributed by atoms with Crippen molar-refractivity contribution in [2.45, 2.75) is 76.6 Å². The zero-order valence-corrected chi connectivity index (χ0v) is 18.0. The molecule has 0 saturated heterocycles. The summed E-state index contributed by atoms with van der Waals surface area (Å²) in [6.07, 6.45) is 5.54. The summed E-state index contributed by atoms with van der Waals surface area (Å²) in [5.41, 5.74) is 1.27. The van der Waals surface area contributed by atoms with Crippen molar-refractivity contribution in [1.29, 1.82) is 0 Å². The molecular weight excluding hydrogens is 340 g/mol. The predicted molar refractivity (Wildman–Crippen MR) is 110 cm³/mol. The number of hydrogen-bond acceptors (Lipinski definition) is 2. The Morgan fingerprint density at radius 3 is 2.08 bits per heavy atom. The molecule has 0 fully saturated rings. The Labute approximate surface area is 159 Å². The van der Waals surface area contributed by atoms with E-state index in [2.05, 4.69) is 47.6 Å². The lowest BCUT2D eigenvalue weighted by Gasteiger charge is -2.51. The fraction of sp³-hybridized carbons (Fsp3) is 0.591. The molecule has 0 amide bonds. The lowest BCUT2D eigenvalue weighted by atomic mass is 9.75. The Morgan fingerprint density at radius 2 is 1.62 bits per heavy atom. The van der Waals surface area contributed by atoms with Gasteiger partial charge in [0.1, 0.15) is 5.60 Å². The van der Waals surface area contributed by atoms with Gasteiger partial charge < -0.3 is 9.53 Å². The van der Waals surface area contributed by atoms with Gasteiger partial charge in [-0.3, -0.25) is 4.79 Å². The molecule has 1 aromatic carbocycles. The van der Waals surface area contributed by atoms with Gasteiger partial charge in [0, 0.05) is 0 Å². The van der Waals surface area contributed by atoms with E-state index < -0.39 is 25.8 Å². The highest BCUT2D eigenvalue weighted by Crippen LogP contribution is 2.51. The van der Waals surface area contributed by atoms with E-state index >= 15 is 0 Å². The van der Waals surface area contributed by atoms with Crippen LogP contribution in [0.25, 0.3) is 0 Å². The Kier molecular flexibility index (Phi) is 6.51. The molecule has 2 rings (SSSR count). The van der Waals surface area contributed by atoms with Crippen LogP contribution in [-0.2, 0) is 14.8 Å². The van der Waals surface area contributed by atoms with Crippen LogP contribution < -0.4 is 0 Å². The first-order chi connectivity index (χ1) is 12.2. The minimum Gasteiger partial charge on any atom is -0.481 e. The van der Waals surface area contributed by atoms with E-state index in [1.807, 2.05) is 36.4 Å². The normalized spacial score (nSPS) is 23.8. The maximum Gasteiger partial charge on any atom is 0.310 e. The number of hydrogen-bond donors (Lipinski definition) is 1. The van der Waals surface area contributed by atoms with Gasteiger partial charge in [-0.2, -0.15) is 0 Å². The molecule has 0 bridgehead atoms. The number of allylic oxidation sites excluding steroid dienone is 1. The summed E-state index contributed by atoms with van der Waals surface area (Å²) in [5.74, 6) is -1.32. The van der Waals surface area contributed by atoms with E-state index in [9.17, 15) is 9.90 Å². The van der Waals surface area contributed by atoms with Crippen molar-refractivity contribution in [2.75, 3.05) is 0 Å². The van der Waals surface area contributed by atoms with Crippen molar-refractivity contribution in [2.24, 2.45) is 5.92 Å². The van der Waals surface area contributed by atoms with E-state index in [0.29, 0.717) is 23.0 Å². The van der Waals surface area contributed by atoms with Crippen LogP contribution in [0.3, 0.4) is 0 Å². The van der Waals surface area contributed by atoms with E-state index in [0.717, 1.165) is 12.0 Å². The number of carboxylic acid groups (broad SMARTS) is 1. The molecule has 4 heteroatoms. The molecule has 1 aliphatic rings. The number of benzene rings is 1. The molecule has 0 spiro atoms. The number of carbonyl (C=O) groups is 1. The molecule has 144 valence electrons. The van der Waals surface area contributed by atoms with Crippen LogP contribution >= 0.6 is 0 Å². The van der Waals surface area contributed by atoms with E-state index in [4.69, 9.17) is 4.43 Å². The minimum absolute atomic E-state index is 0.396. The van der Waals surface area contributed by atoms with Crippen molar-refractivity contribution in [1.82, 2.24) is 0 Å². The second kappa shape index (κ2) is 8.09. The highest BCUT2D eigenvalue weighted by Gasteiger charge is 2.54. The second-order valence-corrected chi connectivity index (χ2v) is 13.8. The lowest BCUT2D eigenvalue weighted by molar-refractivity contribution is -0.150. The first kappa shape index (κ1) is 20.9. The molecule has 0 saturated carbocycles. The fourth-order valence-electron chi connectivity index (χ4n) is 4.96. The number of carboxylic acids is 1. The summed E-state index contributed by atoms with van der Waals surface area (Å²) >= 11 is 0. The van der Waals surface area contributed by atoms with Crippen LogP contribution in [0.15, 0.2) is 42.5 Å². The molecule has 0 aliphatic heterocycles. The molecule has 0 heterocycles. The second-order valence-electron chi connectivity index (χ2n) is 8.45. The van der Waals surface area contributed by atoms with Crippen LogP contribution in [0.5, 0.6) is 0 Å². The topological polar surface area (TPSA) is 46.5 Å². The quantitative estimate of drug-likeness (QED) is 0.461. The maximum atomic E-state index is 12.2. The first-order valence-electron chi connectivity index (χ1n) is 9.84. The highest BCUT2D eigenvalue weighted by atomic mass is 28.4. The van der Waals surface area contributed by atoms with Crippen LogP contribution in [-0.4, -0.2) is 19.4 Å². The largest absolute Gasteiger partial charge is 0.481 e. The monoisotopic (exact) mass is 374 g/mol. The Hall–Kier alpha value is -1.39.